The summed E-state index contributed by atoms with van der Waals surface area (Å²) in [4.78, 5) is 4.45. The van der Waals surface area contributed by atoms with E-state index in [2.05, 4.69) is 26.2 Å². The second kappa shape index (κ2) is 4.80. The Balaban J connectivity index is 2.35. The molecule has 1 aromatic heterocycles. The zero-order valence-electron chi connectivity index (χ0n) is 9.20. The van der Waals surface area contributed by atoms with Gasteiger partial charge in [0.1, 0.15) is 6.26 Å². The maximum Gasteiger partial charge on any atom is 0.227 e. The summed E-state index contributed by atoms with van der Waals surface area (Å²) in [6.07, 6.45) is 1.69. The molecule has 0 bridgehead atoms. The summed E-state index contributed by atoms with van der Waals surface area (Å²) in [6, 6.07) is 8.07. The molecule has 3 nitrogen and oxygen atoms in total. The molecule has 1 aromatic carbocycles. The molecule has 0 aliphatic carbocycles. The van der Waals surface area contributed by atoms with Crippen LogP contribution < -0.4 is 5.32 Å². The smallest absolute Gasteiger partial charge is 0.227 e. The fourth-order valence-electron chi connectivity index (χ4n) is 1.39. The highest BCUT2D eigenvalue weighted by Gasteiger charge is 2.12. The molecule has 0 saturated heterocycles. The third-order valence-corrected chi connectivity index (χ3v) is 3.19. The lowest BCUT2D eigenvalue weighted by Crippen LogP contribution is -2.12. The van der Waals surface area contributed by atoms with Crippen molar-refractivity contribution in [2.24, 2.45) is 0 Å². The molecule has 2 rings (SSSR count). The second-order valence-corrected chi connectivity index (χ2v) is 4.42. The Morgan fingerprint density at radius 3 is 2.81 bits per heavy atom. The highest BCUT2D eigenvalue weighted by Crippen LogP contribution is 2.28. The van der Waals surface area contributed by atoms with Gasteiger partial charge in [0.2, 0.25) is 5.89 Å². The molecule has 1 N–H and O–H groups in total. The first kappa shape index (κ1) is 11.4. The Morgan fingerprint density at radius 1 is 1.38 bits per heavy atom. The number of halogens is 1. The molecule has 0 aliphatic rings. The molecule has 1 heterocycles. The van der Waals surface area contributed by atoms with Crippen molar-refractivity contribution in [2.75, 3.05) is 7.05 Å². The number of nitrogens with one attached hydrogen (secondary N) is 1. The first-order valence-corrected chi connectivity index (χ1v) is 5.89. The number of rotatable bonds is 3. The molecule has 1 unspecified atom stereocenters. The number of aromatic nitrogens is 1. The van der Waals surface area contributed by atoms with Crippen molar-refractivity contribution in [1.82, 2.24) is 10.3 Å². The number of benzene rings is 1. The van der Waals surface area contributed by atoms with Crippen LogP contribution >= 0.6 is 15.9 Å². The van der Waals surface area contributed by atoms with Crippen molar-refractivity contribution in [3.05, 3.63) is 40.7 Å². The van der Waals surface area contributed by atoms with Crippen molar-refractivity contribution in [2.45, 2.75) is 13.0 Å². The number of hydrogen-bond donors (Lipinski definition) is 1. The van der Waals surface area contributed by atoms with Crippen LogP contribution in [0, 0.1) is 0 Å². The van der Waals surface area contributed by atoms with E-state index in [0.717, 1.165) is 15.7 Å². The normalized spacial score (nSPS) is 12.7. The van der Waals surface area contributed by atoms with Crippen molar-refractivity contribution < 1.29 is 4.42 Å². The van der Waals surface area contributed by atoms with Gasteiger partial charge >= 0.3 is 0 Å². The summed E-state index contributed by atoms with van der Waals surface area (Å²) in [6.45, 7) is 2.04. The maximum atomic E-state index is 5.47. The molecule has 0 spiro atoms. The fraction of sp³-hybridized carbons (Fsp3) is 0.250. The molecule has 0 aliphatic heterocycles. The van der Waals surface area contributed by atoms with Crippen LogP contribution in [0.25, 0.3) is 11.5 Å². The van der Waals surface area contributed by atoms with Gasteiger partial charge in [-0.25, -0.2) is 4.98 Å². The Bertz CT molecular complexity index is 481. The van der Waals surface area contributed by atoms with Crippen LogP contribution in [0.5, 0.6) is 0 Å². The van der Waals surface area contributed by atoms with Gasteiger partial charge in [-0.3, -0.25) is 0 Å². The van der Waals surface area contributed by atoms with E-state index in [4.69, 9.17) is 4.42 Å². The Kier molecular flexibility index (Phi) is 3.41. The summed E-state index contributed by atoms with van der Waals surface area (Å²) in [7, 11) is 1.90. The highest BCUT2D eigenvalue weighted by atomic mass is 79.9. The van der Waals surface area contributed by atoms with Crippen LogP contribution in [-0.2, 0) is 0 Å². The molecular formula is C12H13BrN2O. The lowest BCUT2D eigenvalue weighted by atomic mass is 10.2. The number of oxazole rings is 1. The monoisotopic (exact) mass is 280 g/mol. The zero-order chi connectivity index (χ0) is 11.5. The van der Waals surface area contributed by atoms with Gasteiger partial charge in [0, 0.05) is 10.5 Å². The van der Waals surface area contributed by atoms with E-state index in [0.29, 0.717) is 5.89 Å². The molecule has 2 aromatic rings. The van der Waals surface area contributed by atoms with E-state index >= 15 is 0 Å². The van der Waals surface area contributed by atoms with Crippen LogP contribution in [0.4, 0.5) is 0 Å². The lowest BCUT2D eigenvalue weighted by Gasteiger charge is -2.03. The lowest BCUT2D eigenvalue weighted by molar-refractivity contribution is 0.564. The first-order chi connectivity index (χ1) is 7.72. The Morgan fingerprint density at radius 2 is 2.12 bits per heavy atom. The second-order valence-electron chi connectivity index (χ2n) is 3.57. The minimum Gasteiger partial charge on any atom is -0.444 e. The van der Waals surface area contributed by atoms with Gasteiger partial charge in [-0.05, 0) is 42.0 Å². The molecule has 0 amide bonds. The molecular weight excluding hydrogens is 268 g/mol. The van der Waals surface area contributed by atoms with Crippen molar-refractivity contribution >= 4 is 15.9 Å². The van der Waals surface area contributed by atoms with E-state index in [-0.39, 0.29) is 6.04 Å². The molecule has 16 heavy (non-hydrogen) atoms. The Hall–Kier alpha value is -1.13. The molecule has 1 atom stereocenters. The SMILES string of the molecule is CNC(C)c1coc(-c2ccccc2Br)n1. The average Bonchev–Trinajstić information content (AvgIpc) is 2.78. The largest absolute Gasteiger partial charge is 0.444 e. The van der Waals surface area contributed by atoms with E-state index in [1.54, 1.807) is 6.26 Å². The maximum absolute atomic E-state index is 5.47. The van der Waals surface area contributed by atoms with Gasteiger partial charge in [0.15, 0.2) is 0 Å². The first-order valence-electron chi connectivity index (χ1n) is 5.10. The summed E-state index contributed by atoms with van der Waals surface area (Å²) in [5.74, 6) is 0.643. The van der Waals surface area contributed by atoms with Crippen LogP contribution in [0.3, 0.4) is 0 Å². The van der Waals surface area contributed by atoms with Crippen LogP contribution in [0.15, 0.2) is 39.4 Å². The number of hydrogen-bond acceptors (Lipinski definition) is 3. The minimum absolute atomic E-state index is 0.194. The van der Waals surface area contributed by atoms with Crippen molar-refractivity contribution in [3.8, 4) is 11.5 Å². The predicted octanol–water partition coefficient (Wildman–Crippen LogP) is 3.38. The zero-order valence-corrected chi connectivity index (χ0v) is 10.8. The van der Waals surface area contributed by atoms with E-state index in [1.807, 2.05) is 38.2 Å². The van der Waals surface area contributed by atoms with Crippen molar-refractivity contribution in [1.29, 1.82) is 0 Å². The van der Waals surface area contributed by atoms with E-state index in [9.17, 15) is 0 Å². The number of nitrogens with zero attached hydrogens (tertiary/aromatic N) is 1. The third-order valence-electron chi connectivity index (χ3n) is 2.50. The summed E-state index contributed by atoms with van der Waals surface area (Å²) in [5, 5.41) is 3.13. The van der Waals surface area contributed by atoms with E-state index in [1.165, 1.54) is 0 Å². The topological polar surface area (TPSA) is 38.1 Å². The average molecular weight is 281 g/mol. The van der Waals surface area contributed by atoms with Crippen LogP contribution in [0.1, 0.15) is 18.7 Å². The molecule has 0 saturated carbocycles. The van der Waals surface area contributed by atoms with Gasteiger partial charge in [-0.1, -0.05) is 12.1 Å². The molecule has 84 valence electrons. The fourth-order valence-corrected chi connectivity index (χ4v) is 1.85. The highest BCUT2D eigenvalue weighted by molar-refractivity contribution is 9.10. The standard InChI is InChI=1S/C12H13BrN2O/c1-8(14-2)11-7-16-12(15-11)9-5-3-4-6-10(9)13/h3-8,14H,1-2H3. The Labute approximate surface area is 103 Å². The third kappa shape index (κ3) is 2.18. The van der Waals surface area contributed by atoms with Gasteiger partial charge in [-0.15, -0.1) is 0 Å². The quantitative estimate of drug-likeness (QED) is 0.937. The predicted molar refractivity (Wildman–Crippen MR) is 67.1 cm³/mol. The molecule has 0 fully saturated rings. The summed E-state index contributed by atoms with van der Waals surface area (Å²) in [5.41, 5.74) is 1.88. The minimum atomic E-state index is 0.194. The van der Waals surface area contributed by atoms with Gasteiger partial charge in [0.25, 0.3) is 0 Å². The molecule has 4 heteroatoms. The van der Waals surface area contributed by atoms with Crippen LogP contribution in [0.2, 0.25) is 0 Å². The van der Waals surface area contributed by atoms with Gasteiger partial charge in [-0.2, -0.15) is 0 Å². The summed E-state index contributed by atoms with van der Waals surface area (Å²) >= 11 is 3.48. The van der Waals surface area contributed by atoms with Gasteiger partial charge < -0.3 is 9.73 Å². The molecule has 0 radical (unpaired) electrons. The van der Waals surface area contributed by atoms with E-state index < -0.39 is 0 Å². The summed E-state index contributed by atoms with van der Waals surface area (Å²) < 4.78 is 6.46. The van der Waals surface area contributed by atoms with Gasteiger partial charge in [0.05, 0.1) is 11.3 Å². The van der Waals surface area contributed by atoms with Crippen LogP contribution in [-0.4, -0.2) is 12.0 Å². The van der Waals surface area contributed by atoms with Crippen molar-refractivity contribution in [3.63, 3.8) is 0 Å².